The smallest absolute Gasteiger partial charge is 0.261 e. The number of carbonyl (C=O) groups excluding carboxylic acids is 2. The Kier molecular flexibility index (Phi) is 6.33. The van der Waals surface area contributed by atoms with Gasteiger partial charge in [0, 0.05) is 28.1 Å². The minimum atomic E-state index is -0.372. The van der Waals surface area contributed by atoms with Crippen LogP contribution in [0.2, 0.25) is 0 Å². The van der Waals surface area contributed by atoms with E-state index >= 15 is 0 Å². The molecule has 2 amide bonds. The monoisotopic (exact) mass is 440 g/mol. The highest BCUT2D eigenvalue weighted by molar-refractivity contribution is 9.10. The first-order valence-electron chi connectivity index (χ1n) is 8.49. The normalized spacial score (nSPS) is 10.2. The highest BCUT2D eigenvalue weighted by Gasteiger charge is 2.14. The van der Waals surface area contributed by atoms with Crippen LogP contribution in [0, 0.1) is 0 Å². The summed E-state index contributed by atoms with van der Waals surface area (Å²) in [6.45, 7) is 2.22. The van der Waals surface area contributed by atoms with E-state index in [-0.39, 0.29) is 17.7 Å². The maximum absolute atomic E-state index is 12.6. The Labute approximate surface area is 170 Å². The van der Waals surface area contributed by atoms with Gasteiger partial charge in [-0.15, -0.1) is 0 Å². The number of amides is 2. The molecule has 0 unspecified atom stereocenters. The van der Waals surface area contributed by atoms with Gasteiger partial charge in [-0.25, -0.2) is 9.97 Å². The third kappa shape index (κ3) is 4.92. The molecular formula is C20H17BrN4O3. The van der Waals surface area contributed by atoms with Crippen molar-refractivity contribution in [3.05, 3.63) is 76.5 Å². The van der Waals surface area contributed by atoms with Crippen molar-refractivity contribution in [3.63, 3.8) is 0 Å². The Hall–Kier alpha value is -3.26. The quantitative estimate of drug-likeness (QED) is 0.600. The number of anilines is 2. The molecule has 142 valence electrons. The van der Waals surface area contributed by atoms with Gasteiger partial charge in [-0.2, -0.15) is 0 Å². The molecule has 0 aliphatic rings. The van der Waals surface area contributed by atoms with Gasteiger partial charge in [0.25, 0.3) is 11.8 Å². The second-order valence-electron chi connectivity index (χ2n) is 5.64. The van der Waals surface area contributed by atoms with Crippen molar-refractivity contribution in [1.82, 2.24) is 9.97 Å². The maximum atomic E-state index is 12.6. The lowest BCUT2D eigenvalue weighted by Crippen LogP contribution is -2.16. The van der Waals surface area contributed by atoms with Gasteiger partial charge >= 0.3 is 0 Å². The molecule has 3 aromatic rings. The van der Waals surface area contributed by atoms with Gasteiger partial charge in [0.05, 0.1) is 6.61 Å². The molecular weight excluding hydrogens is 424 g/mol. The largest absolute Gasteiger partial charge is 0.477 e. The maximum Gasteiger partial charge on any atom is 0.261 e. The zero-order valence-corrected chi connectivity index (χ0v) is 16.6. The van der Waals surface area contributed by atoms with Gasteiger partial charge in [-0.1, -0.05) is 6.07 Å². The highest BCUT2D eigenvalue weighted by atomic mass is 79.9. The van der Waals surface area contributed by atoms with Crippen molar-refractivity contribution in [2.45, 2.75) is 6.92 Å². The summed E-state index contributed by atoms with van der Waals surface area (Å²) >= 11 is 3.29. The second kappa shape index (κ2) is 9.09. The number of ether oxygens (including phenoxy) is 1. The van der Waals surface area contributed by atoms with Crippen LogP contribution in [0.3, 0.4) is 0 Å². The molecule has 1 aromatic carbocycles. The van der Waals surface area contributed by atoms with Crippen LogP contribution in [0.5, 0.6) is 5.88 Å². The standard InChI is InChI=1S/C20H17BrN4O3/c1-2-28-20-16(7-4-10-22-20)19(27)24-15-6-3-5-13(11-15)18(26)25-17-9-8-14(21)12-23-17/h3-12H,2H2,1H3,(H,24,27)(H,23,25,26). The number of pyridine rings is 2. The summed E-state index contributed by atoms with van der Waals surface area (Å²) in [6.07, 6.45) is 3.15. The fourth-order valence-corrected chi connectivity index (χ4v) is 2.62. The number of hydrogen-bond acceptors (Lipinski definition) is 5. The third-order valence-electron chi connectivity index (χ3n) is 3.65. The first kappa shape index (κ1) is 19.5. The van der Waals surface area contributed by atoms with Gasteiger partial charge in [0.2, 0.25) is 5.88 Å². The van der Waals surface area contributed by atoms with Crippen LogP contribution in [-0.4, -0.2) is 28.4 Å². The molecule has 2 N–H and O–H groups in total. The summed E-state index contributed by atoms with van der Waals surface area (Å²) in [5.41, 5.74) is 1.18. The van der Waals surface area contributed by atoms with E-state index in [1.54, 1.807) is 60.9 Å². The van der Waals surface area contributed by atoms with Gasteiger partial charge in [0.1, 0.15) is 11.4 Å². The van der Waals surface area contributed by atoms with Crippen LogP contribution in [-0.2, 0) is 0 Å². The third-order valence-corrected chi connectivity index (χ3v) is 4.12. The summed E-state index contributed by atoms with van der Waals surface area (Å²) < 4.78 is 6.20. The molecule has 3 rings (SSSR count). The van der Waals surface area contributed by atoms with Crippen molar-refractivity contribution in [2.24, 2.45) is 0 Å². The van der Waals surface area contributed by atoms with Gasteiger partial charge in [-0.05, 0) is 65.3 Å². The summed E-state index contributed by atoms with van der Waals surface area (Å²) in [5, 5.41) is 5.47. The molecule has 0 bridgehead atoms. The van der Waals surface area contributed by atoms with Crippen LogP contribution in [0.1, 0.15) is 27.6 Å². The Morgan fingerprint density at radius 3 is 2.64 bits per heavy atom. The predicted octanol–water partition coefficient (Wildman–Crippen LogP) is 4.14. The minimum absolute atomic E-state index is 0.262. The Balaban J connectivity index is 1.73. The molecule has 8 heteroatoms. The molecule has 28 heavy (non-hydrogen) atoms. The van der Waals surface area contributed by atoms with E-state index in [1.807, 2.05) is 6.92 Å². The number of rotatable bonds is 6. The fourth-order valence-electron chi connectivity index (χ4n) is 2.39. The molecule has 0 aliphatic heterocycles. The minimum Gasteiger partial charge on any atom is -0.477 e. The van der Waals surface area contributed by atoms with E-state index in [4.69, 9.17) is 4.74 Å². The molecule has 2 heterocycles. The van der Waals surface area contributed by atoms with E-state index in [9.17, 15) is 9.59 Å². The Bertz CT molecular complexity index is 993. The lowest BCUT2D eigenvalue weighted by Gasteiger charge is -2.10. The van der Waals surface area contributed by atoms with E-state index in [1.165, 1.54) is 0 Å². The summed E-state index contributed by atoms with van der Waals surface area (Å²) in [7, 11) is 0. The fraction of sp³-hybridized carbons (Fsp3) is 0.100. The van der Waals surface area contributed by atoms with Gasteiger partial charge < -0.3 is 15.4 Å². The van der Waals surface area contributed by atoms with Gasteiger partial charge in [0.15, 0.2) is 0 Å². The van der Waals surface area contributed by atoms with Crippen molar-refractivity contribution in [3.8, 4) is 5.88 Å². The molecule has 0 spiro atoms. The zero-order valence-electron chi connectivity index (χ0n) is 15.0. The molecule has 0 radical (unpaired) electrons. The van der Waals surface area contributed by atoms with Crippen LogP contribution < -0.4 is 15.4 Å². The second-order valence-corrected chi connectivity index (χ2v) is 6.56. The molecule has 0 saturated carbocycles. The molecule has 0 atom stereocenters. The number of carbonyl (C=O) groups is 2. The van der Waals surface area contributed by atoms with Crippen molar-refractivity contribution in [2.75, 3.05) is 17.2 Å². The topological polar surface area (TPSA) is 93.2 Å². The number of benzene rings is 1. The average Bonchev–Trinajstić information content (AvgIpc) is 2.70. The molecule has 2 aromatic heterocycles. The predicted molar refractivity (Wildman–Crippen MR) is 110 cm³/mol. The molecule has 0 fully saturated rings. The number of hydrogen-bond donors (Lipinski definition) is 2. The van der Waals surface area contributed by atoms with E-state index in [2.05, 4.69) is 36.5 Å². The van der Waals surface area contributed by atoms with E-state index in [0.717, 1.165) is 4.47 Å². The van der Waals surface area contributed by atoms with Crippen LogP contribution in [0.25, 0.3) is 0 Å². The summed E-state index contributed by atoms with van der Waals surface area (Å²) in [6, 6.07) is 13.4. The lowest BCUT2D eigenvalue weighted by atomic mass is 10.1. The van der Waals surface area contributed by atoms with E-state index < -0.39 is 0 Å². The first-order chi connectivity index (χ1) is 13.6. The SMILES string of the molecule is CCOc1ncccc1C(=O)Nc1cccc(C(=O)Nc2ccc(Br)cn2)c1. The van der Waals surface area contributed by atoms with Crippen LogP contribution in [0.4, 0.5) is 11.5 Å². The summed E-state index contributed by atoms with van der Waals surface area (Å²) in [4.78, 5) is 33.2. The number of nitrogens with zero attached hydrogens (tertiary/aromatic N) is 2. The Morgan fingerprint density at radius 2 is 1.89 bits per heavy atom. The molecule has 0 aliphatic carbocycles. The van der Waals surface area contributed by atoms with Crippen molar-refractivity contribution in [1.29, 1.82) is 0 Å². The first-order valence-corrected chi connectivity index (χ1v) is 9.28. The molecule has 7 nitrogen and oxygen atoms in total. The van der Waals surface area contributed by atoms with E-state index in [0.29, 0.717) is 29.2 Å². The summed E-state index contributed by atoms with van der Waals surface area (Å²) in [5.74, 6) is -0.0111. The van der Waals surface area contributed by atoms with Crippen molar-refractivity contribution < 1.29 is 14.3 Å². The number of halogens is 1. The number of aromatic nitrogens is 2. The van der Waals surface area contributed by atoms with Gasteiger partial charge in [-0.3, -0.25) is 9.59 Å². The van der Waals surface area contributed by atoms with Crippen LogP contribution in [0.15, 0.2) is 65.4 Å². The number of nitrogens with one attached hydrogen (secondary N) is 2. The van der Waals surface area contributed by atoms with Crippen molar-refractivity contribution >= 4 is 39.2 Å². The zero-order chi connectivity index (χ0) is 19.9. The average molecular weight is 441 g/mol. The van der Waals surface area contributed by atoms with Crippen LogP contribution >= 0.6 is 15.9 Å². The molecule has 0 saturated heterocycles. The lowest BCUT2D eigenvalue weighted by molar-refractivity contribution is 0.101. The highest BCUT2D eigenvalue weighted by Crippen LogP contribution is 2.18. The Morgan fingerprint density at radius 1 is 1.04 bits per heavy atom.